The molecule has 5 nitrogen and oxygen atoms in total. The average Bonchev–Trinajstić information content (AvgIpc) is 2.46. The first-order valence-electron chi connectivity index (χ1n) is 5.99. The van der Waals surface area contributed by atoms with E-state index in [9.17, 15) is 9.18 Å². The second kappa shape index (κ2) is 6.10. The first-order chi connectivity index (χ1) is 9.61. The van der Waals surface area contributed by atoms with Gasteiger partial charge in [-0.05, 0) is 30.2 Å². The predicted molar refractivity (Wildman–Crippen MR) is 70.9 cm³/mol. The van der Waals surface area contributed by atoms with Gasteiger partial charge >= 0.3 is 0 Å². The van der Waals surface area contributed by atoms with Crippen LogP contribution in [-0.4, -0.2) is 23.0 Å². The Balaban J connectivity index is 2.05. The number of carbonyl (C=O) groups excluding carboxylic acids is 1. The lowest BCUT2D eigenvalue weighted by Gasteiger charge is -2.08. The van der Waals surface area contributed by atoms with Crippen LogP contribution in [0.4, 0.5) is 4.39 Å². The van der Waals surface area contributed by atoms with Crippen LogP contribution in [0.25, 0.3) is 0 Å². The molecule has 0 bridgehead atoms. The average molecular weight is 275 g/mol. The Bertz CT molecular complexity index is 632. The van der Waals surface area contributed by atoms with E-state index in [0.717, 1.165) is 17.2 Å². The number of aryl methyl sites for hydroxylation is 1. The Kier molecular flexibility index (Phi) is 4.24. The Morgan fingerprint density at radius 1 is 1.45 bits per heavy atom. The number of hydrogen-bond acceptors (Lipinski definition) is 4. The molecule has 0 aliphatic heterocycles. The van der Waals surface area contributed by atoms with Gasteiger partial charge in [-0.2, -0.15) is 0 Å². The molecule has 0 aliphatic carbocycles. The Labute approximate surface area is 115 Å². The highest BCUT2D eigenvalue weighted by Gasteiger charge is 2.11. The van der Waals surface area contributed by atoms with Gasteiger partial charge in [-0.3, -0.25) is 9.78 Å². The van der Waals surface area contributed by atoms with Crippen molar-refractivity contribution in [2.75, 3.05) is 7.11 Å². The fourth-order valence-electron chi connectivity index (χ4n) is 1.66. The van der Waals surface area contributed by atoms with Gasteiger partial charge in [0.25, 0.3) is 5.91 Å². The standard InChI is InChI=1S/C14H14FN3O2/c1-9-3-4-16-6-11(9)8-17-13(19)10-5-12(15)14(20-2)18-7-10/h3-7H,8H2,1-2H3,(H,17,19). The first kappa shape index (κ1) is 13.9. The second-order valence-corrected chi connectivity index (χ2v) is 4.20. The molecule has 6 heteroatoms. The van der Waals surface area contributed by atoms with E-state index >= 15 is 0 Å². The summed E-state index contributed by atoms with van der Waals surface area (Å²) in [6, 6.07) is 2.95. The Morgan fingerprint density at radius 3 is 2.90 bits per heavy atom. The maximum absolute atomic E-state index is 13.5. The summed E-state index contributed by atoms with van der Waals surface area (Å²) in [4.78, 5) is 19.6. The minimum Gasteiger partial charge on any atom is -0.479 e. The van der Waals surface area contributed by atoms with Crippen molar-refractivity contribution in [2.45, 2.75) is 13.5 Å². The SMILES string of the molecule is COc1ncc(C(=O)NCc2cnccc2C)cc1F. The summed E-state index contributed by atoms with van der Waals surface area (Å²) < 4.78 is 18.2. The number of carbonyl (C=O) groups is 1. The van der Waals surface area contributed by atoms with E-state index in [-0.39, 0.29) is 11.4 Å². The number of nitrogens with zero attached hydrogens (tertiary/aromatic N) is 2. The smallest absolute Gasteiger partial charge is 0.253 e. The number of rotatable bonds is 4. The summed E-state index contributed by atoms with van der Waals surface area (Å²) in [5, 5.41) is 2.69. The lowest BCUT2D eigenvalue weighted by Crippen LogP contribution is -2.23. The van der Waals surface area contributed by atoms with Gasteiger partial charge in [-0.15, -0.1) is 0 Å². The highest BCUT2D eigenvalue weighted by atomic mass is 19.1. The van der Waals surface area contributed by atoms with Crippen molar-refractivity contribution < 1.29 is 13.9 Å². The molecule has 0 aromatic carbocycles. The minimum atomic E-state index is -0.669. The molecule has 0 unspecified atom stereocenters. The summed E-state index contributed by atoms with van der Waals surface area (Å²) in [5.41, 5.74) is 2.08. The highest BCUT2D eigenvalue weighted by molar-refractivity contribution is 5.93. The quantitative estimate of drug-likeness (QED) is 0.925. The van der Waals surface area contributed by atoms with E-state index in [2.05, 4.69) is 15.3 Å². The van der Waals surface area contributed by atoms with Crippen molar-refractivity contribution >= 4 is 5.91 Å². The van der Waals surface area contributed by atoms with Crippen LogP contribution in [0.5, 0.6) is 5.88 Å². The predicted octanol–water partition coefficient (Wildman–Crippen LogP) is 1.86. The molecule has 2 heterocycles. The van der Waals surface area contributed by atoms with Crippen molar-refractivity contribution in [3.05, 3.63) is 53.2 Å². The van der Waals surface area contributed by atoms with Gasteiger partial charge in [0, 0.05) is 25.1 Å². The van der Waals surface area contributed by atoms with E-state index in [1.165, 1.54) is 13.3 Å². The van der Waals surface area contributed by atoms with Crippen LogP contribution in [0.1, 0.15) is 21.5 Å². The van der Waals surface area contributed by atoms with Crippen molar-refractivity contribution in [2.24, 2.45) is 0 Å². The maximum Gasteiger partial charge on any atom is 0.253 e. The first-order valence-corrected chi connectivity index (χ1v) is 5.99. The van der Waals surface area contributed by atoms with Gasteiger partial charge < -0.3 is 10.1 Å². The zero-order chi connectivity index (χ0) is 14.5. The number of ether oxygens (including phenoxy) is 1. The molecular formula is C14H14FN3O2. The van der Waals surface area contributed by atoms with Crippen LogP contribution >= 0.6 is 0 Å². The van der Waals surface area contributed by atoms with Crippen LogP contribution in [0.2, 0.25) is 0 Å². The maximum atomic E-state index is 13.5. The van der Waals surface area contributed by atoms with Gasteiger partial charge in [0.05, 0.1) is 12.7 Å². The van der Waals surface area contributed by atoms with Gasteiger partial charge in [0.2, 0.25) is 5.88 Å². The molecule has 2 aromatic rings. The molecule has 2 rings (SSSR count). The molecule has 0 saturated heterocycles. The van der Waals surface area contributed by atoms with Crippen LogP contribution in [0.3, 0.4) is 0 Å². The zero-order valence-electron chi connectivity index (χ0n) is 11.2. The van der Waals surface area contributed by atoms with Crippen molar-refractivity contribution in [3.63, 3.8) is 0 Å². The lowest BCUT2D eigenvalue weighted by molar-refractivity contribution is 0.0950. The number of halogens is 1. The number of aromatic nitrogens is 2. The Hall–Kier alpha value is -2.50. The molecule has 0 spiro atoms. The highest BCUT2D eigenvalue weighted by Crippen LogP contribution is 2.14. The molecule has 1 amide bonds. The summed E-state index contributed by atoms with van der Waals surface area (Å²) in [6.45, 7) is 2.25. The van der Waals surface area contributed by atoms with Gasteiger partial charge in [0.15, 0.2) is 5.82 Å². The summed E-state index contributed by atoms with van der Waals surface area (Å²) in [5.74, 6) is -1.20. The van der Waals surface area contributed by atoms with Crippen molar-refractivity contribution in [1.29, 1.82) is 0 Å². The molecule has 0 radical (unpaired) electrons. The largest absolute Gasteiger partial charge is 0.479 e. The number of pyridine rings is 2. The van der Waals surface area contributed by atoms with Crippen LogP contribution in [0, 0.1) is 12.7 Å². The monoisotopic (exact) mass is 275 g/mol. The molecule has 20 heavy (non-hydrogen) atoms. The van der Waals surface area contributed by atoms with E-state index in [1.807, 2.05) is 13.0 Å². The normalized spacial score (nSPS) is 10.2. The van der Waals surface area contributed by atoms with Crippen molar-refractivity contribution in [1.82, 2.24) is 15.3 Å². The fourth-order valence-corrected chi connectivity index (χ4v) is 1.66. The van der Waals surface area contributed by atoms with E-state index in [0.29, 0.717) is 6.54 Å². The van der Waals surface area contributed by atoms with Crippen LogP contribution < -0.4 is 10.1 Å². The summed E-state index contributed by atoms with van der Waals surface area (Å²) >= 11 is 0. The number of hydrogen-bond donors (Lipinski definition) is 1. The van der Waals surface area contributed by atoms with Crippen molar-refractivity contribution in [3.8, 4) is 5.88 Å². The molecule has 0 saturated carbocycles. The van der Waals surface area contributed by atoms with E-state index < -0.39 is 11.7 Å². The van der Waals surface area contributed by atoms with Gasteiger partial charge in [0.1, 0.15) is 0 Å². The molecular weight excluding hydrogens is 261 g/mol. The second-order valence-electron chi connectivity index (χ2n) is 4.20. The molecule has 2 aromatic heterocycles. The van der Waals surface area contributed by atoms with E-state index in [1.54, 1.807) is 12.4 Å². The molecule has 0 aliphatic rings. The van der Waals surface area contributed by atoms with E-state index in [4.69, 9.17) is 4.74 Å². The topological polar surface area (TPSA) is 64.1 Å². The van der Waals surface area contributed by atoms with Gasteiger partial charge in [-0.25, -0.2) is 9.37 Å². The van der Waals surface area contributed by atoms with Crippen LogP contribution in [-0.2, 0) is 6.54 Å². The third-order valence-corrected chi connectivity index (χ3v) is 2.85. The molecule has 0 atom stereocenters. The summed E-state index contributed by atoms with van der Waals surface area (Å²) in [6.07, 6.45) is 4.64. The summed E-state index contributed by atoms with van der Waals surface area (Å²) in [7, 11) is 1.32. The Morgan fingerprint density at radius 2 is 2.25 bits per heavy atom. The van der Waals surface area contributed by atoms with Gasteiger partial charge in [-0.1, -0.05) is 0 Å². The third-order valence-electron chi connectivity index (χ3n) is 2.85. The molecule has 0 fully saturated rings. The minimum absolute atomic E-state index is 0.135. The zero-order valence-corrected chi connectivity index (χ0v) is 11.2. The number of amides is 1. The lowest BCUT2D eigenvalue weighted by atomic mass is 10.1. The number of nitrogens with one attached hydrogen (secondary N) is 1. The fraction of sp³-hybridized carbons (Fsp3) is 0.214. The molecule has 1 N–H and O–H groups in total. The molecule has 104 valence electrons. The number of methoxy groups -OCH3 is 1. The third kappa shape index (κ3) is 3.09. The van der Waals surface area contributed by atoms with Crippen LogP contribution in [0.15, 0.2) is 30.7 Å².